The van der Waals surface area contributed by atoms with Gasteiger partial charge in [-0.15, -0.1) is 0 Å². The largest absolute Gasteiger partial charge is 0.426 e. The van der Waals surface area contributed by atoms with E-state index in [1.54, 1.807) is 24.3 Å². The van der Waals surface area contributed by atoms with Gasteiger partial charge in [0, 0.05) is 4.47 Å². The Balaban J connectivity index is 1.64. The van der Waals surface area contributed by atoms with Crippen molar-refractivity contribution in [2.75, 3.05) is 0 Å². The summed E-state index contributed by atoms with van der Waals surface area (Å²) < 4.78 is 6.36. The van der Waals surface area contributed by atoms with Crippen LogP contribution in [0.15, 0.2) is 77.3 Å². The number of carbonyl (C=O) groups excluding carboxylic acids is 1. The zero-order chi connectivity index (χ0) is 17.6. The Bertz CT molecular complexity index is 908. The molecule has 0 saturated carbocycles. The maximum Gasteiger partial charge on any atom is 0.315 e. The van der Waals surface area contributed by atoms with Gasteiger partial charge in [-0.25, -0.2) is 0 Å². The van der Waals surface area contributed by atoms with Crippen molar-refractivity contribution in [3.8, 4) is 22.9 Å². The van der Waals surface area contributed by atoms with E-state index in [-0.39, 0.29) is 12.4 Å². The van der Waals surface area contributed by atoms with Gasteiger partial charge in [-0.05, 0) is 53.1 Å². The molecule has 0 spiro atoms. The fourth-order valence-corrected chi connectivity index (χ4v) is 2.65. The van der Waals surface area contributed by atoms with Crippen molar-refractivity contribution in [3.05, 3.63) is 88.4 Å². The summed E-state index contributed by atoms with van der Waals surface area (Å²) in [6, 6.07) is 24.3. The fourth-order valence-electron chi connectivity index (χ4n) is 2.39. The van der Waals surface area contributed by atoms with Crippen LogP contribution in [0.4, 0.5) is 0 Å². The Morgan fingerprint density at radius 3 is 2.00 bits per heavy atom. The predicted molar refractivity (Wildman–Crippen MR) is 100 cm³/mol. The Hall–Kier alpha value is -2.90. The summed E-state index contributed by atoms with van der Waals surface area (Å²) >= 11 is 3.37. The lowest BCUT2D eigenvalue weighted by molar-refractivity contribution is -0.133. The molecule has 0 aliphatic rings. The summed E-state index contributed by atoms with van der Waals surface area (Å²) in [7, 11) is 0. The number of ether oxygens (including phenoxy) is 1. The zero-order valence-electron chi connectivity index (χ0n) is 13.3. The molecule has 0 heterocycles. The molecule has 0 N–H and O–H groups in total. The van der Waals surface area contributed by atoms with Crippen LogP contribution in [0.25, 0.3) is 11.1 Å². The molecule has 0 unspecified atom stereocenters. The van der Waals surface area contributed by atoms with Gasteiger partial charge in [0.25, 0.3) is 0 Å². The number of halogens is 1. The molecule has 0 bridgehead atoms. The minimum absolute atomic E-state index is 0.227. The topological polar surface area (TPSA) is 50.1 Å². The highest BCUT2D eigenvalue weighted by molar-refractivity contribution is 9.10. The van der Waals surface area contributed by atoms with E-state index >= 15 is 0 Å². The van der Waals surface area contributed by atoms with Crippen molar-refractivity contribution in [3.63, 3.8) is 0 Å². The van der Waals surface area contributed by atoms with E-state index in [1.807, 2.05) is 48.5 Å². The Morgan fingerprint density at radius 1 is 0.880 bits per heavy atom. The number of hydrogen-bond acceptors (Lipinski definition) is 3. The van der Waals surface area contributed by atoms with Crippen LogP contribution in [-0.2, 0) is 11.2 Å². The second-order valence-electron chi connectivity index (χ2n) is 5.49. The van der Waals surface area contributed by atoms with E-state index < -0.39 is 0 Å². The molecule has 3 aromatic rings. The summed E-state index contributed by atoms with van der Waals surface area (Å²) in [5.74, 6) is 0.216. The molecule has 0 aromatic heterocycles. The first-order valence-corrected chi connectivity index (χ1v) is 8.49. The summed E-state index contributed by atoms with van der Waals surface area (Å²) in [6.45, 7) is 0. The van der Waals surface area contributed by atoms with E-state index in [4.69, 9.17) is 10.00 Å². The molecule has 0 aliphatic carbocycles. The van der Waals surface area contributed by atoms with Crippen LogP contribution in [0.2, 0.25) is 0 Å². The zero-order valence-corrected chi connectivity index (χ0v) is 14.9. The molecule has 122 valence electrons. The molecule has 0 aliphatic heterocycles. The highest BCUT2D eigenvalue weighted by atomic mass is 79.9. The number of benzene rings is 3. The van der Waals surface area contributed by atoms with Crippen molar-refractivity contribution < 1.29 is 9.53 Å². The minimum atomic E-state index is -0.298. The van der Waals surface area contributed by atoms with E-state index in [2.05, 4.69) is 22.0 Å². The first-order valence-electron chi connectivity index (χ1n) is 7.70. The number of hydrogen-bond donors (Lipinski definition) is 0. The third kappa shape index (κ3) is 4.56. The monoisotopic (exact) mass is 391 g/mol. The van der Waals surface area contributed by atoms with Crippen LogP contribution in [-0.4, -0.2) is 5.97 Å². The molecular weight excluding hydrogens is 378 g/mol. The maximum absolute atomic E-state index is 12.0. The molecule has 0 fully saturated rings. The van der Waals surface area contributed by atoms with Crippen LogP contribution in [0.3, 0.4) is 0 Å². The van der Waals surface area contributed by atoms with Crippen molar-refractivity contribution >= 4 is 21.9 Å². The smallest absolute Gasteiger partial charge is 0.315 e. The minimum Gasteiger partial charge on any atom is -0.426 e. The number of esters is 1. The predicted octanol–water partition coefficient (Wildman–Crippen LogP) is 5.14. The summed E-state index contributed by atoms with van der Waals surface area (Å²) in [5.41, 5.74) is 3.54. The Labute approximate surface area is 154 Å². The lowest BCUT2D eigenvalue weighted by Gasteiger charge is -2.06. The number of nitriles is 1. The van der Waals surface area contributed by atoms with E-state index in [1.165, 1.54) is 0 Å². The van der Waals surface area contributed by atoms with Crippen LogP contribution < -0.4 is 4.74 Å². The van der Waals surface area contributed by atoms with Gasteiger partial charge in [0.05, 0.1) is 18.1 Å². The molecule has 3 rings (SSSR count). The first-order chi connectivity index (χ1) is 12.1. The molecule has 0 amide bonds. The van der Waals surface area contributed by atoms with Crippen molar-refractivity contribution in [1.29, 1.82) is 5.26 Å². The van der Waals surface area contributed by atoms with Crippen molar-refractivity contribution in [1.82, 2.24) is 0 Å². The number of nitrogens with zero attached hydrogens (tertiary/aromatic N) is 1. The highest BCUT2D eigenvalue weighted by Crippen LogP contribution is 2.23. The molecule has 4 heteroatoms. The maximum atomic E-state index is 12.0. The Kier molecular flexibility index (Phi) is 5.27. The molecule has 0 radical (unpaired) electrons. The van der Waals surface area contributed by atoms with Crippen LogP contribution in [0.1, 0.15) is 11.1 Å². The normalized spacial score (nSPS) is 10.1. The average Bonchev–Trinajstić information content (AvgIpc) is 2.64. The molecule has 3 aromatic carbocycles. The van der Waals surface area contributed by atoms with Gasteiger partial charge in [0.15, 0.2) is 0 Å². The lowest BCUT2D eigenvalue weighted by Crippen LogP contribution is -2.11. The quantitative estimate of drug-likeness (QED) is 0.457. The van der Waals surface area contributed by atoms with Gasteiger partial charge in [0.2, 0.25) is 0 Å². The van der Waals surface area contributed by atoms with Gasteiger partial charge in [-0.3, -0.25) is 4.79 Å². The molecular formula is C21H14BrNO2. The van der Waals surface area contributed by atoms with Gasteiger partial charge >= 0.3 is 5.97 Å². The Morgan fingerprint density at radius 2 is 1.44 bits per heavy atom. The third-order valence-electron chi connectivity index (χ3n) is 3.70. The second kappa shape index (κ2) is 7.78. The van der Waals surface area contributed by atoms with E-state index in [9.17, 15) is 4.79 Å². The molecule has 0 atom stereocenters. The first kappa shape index (κ1) is 16.9. The molecule has 0 saturated heterocycles. The van der Waals surface area contributed by atoms with Gasteiger partial charge < -0.3 is 4.74 Å². The second-order valence-corrected chi connectivity index (χ2v) is 6.41. The van der Waals surface area contributed by atoms with Crippen molar-refractivity contribution in [2.24, 2.45) is 0 Å². The highest BCUT2D eigenvalue weighted by Gasteiger charge is 2.07. The van der Waals surface area contributed by atoms with Crippen LogP contribution >= 0.6 is 15.9 Å². The summed E-state index contributed by atoms with van der Waals surface area (Å²) in [5, 5.41) is 8.84. The number of carbonyl (C=O) groups is 1. The molecule has 25 heavy (non-hydrogen) atoms. The van der Waals surface area contributed by atoms with Crippen LogP contribution in [0.5, 0.6) is 5.75 Å². The van der Waals surface area contributed by atoms with E-state index in [0.29, 0.717) is 11.3 Å². The lowest BCUT2D eigenvalue weighted by atomic mass is 10.0. The van der Waals surface area contributed by atoms with E-state index in [0.717, 1.165) is 21.2 Å². The van der Waals surface area contributed by atoms with Crippen molar-refractivity contribution in [2.45, 2.75) is 6.42 Å². The SMILES string of the molecule is N#Cc1ccc(-c2ccc(OC(=O)Cc3ccc(Br)cc3)cc2)cc1. The van der Waals surface area contributed by atoms with Crippen LogP contribution in [0, 0.1) is 11.3 Å². The average molecular weight is 392 g/mol. The fraction of sp³-hybridized carbons (Fsp3) is 0.0476. The number of rotatable bonds is 4. The van der Waals surface area contributed by atoms with Gasteiger partial charge in [-0.2, -0.15) is 5.26 Å². The van der Waals surface area contributed by atoms with Gasteiger partial charge in [0.1, 0.15) is 5.75 Å². The molecule has 3 nitrogen and oxygen atoms in total. The van der Waals surface area contributed by atoms with Gasteiger partial charge in [-0.1, -0.05) is 52.3 Å². The summed E-state index contributed by atoms with van der Waals surface area (Å²) in [6.07, 6.45) is 0.227. The third-order valence-corrected chi connectivity index (χ3v) is 4.22. The standard InChI is InChI=1S/C21H14BrNO2/c22-19-9-3-15(4-10-19)13-21(24)25-20-11-7-18(8-12-20)17-5-1-16(14-23)2-6-17/h1-12H,13H2. The summed E-state index contributed by atoms with van der Waals surface area (Å²) in [4.78, 5) is 12.0.